The van der Waals surface area contributed by atoms with E-state index in [1.54, 1.807) is 0 Å². The van der Waals surface area contributed by atoms with Crippen molar-refractivity contribution in [1.29, 1.82) is 0 Å². The van der Waals surface area contributed by atoms with Crippen molar-refractivity contribution in [3.8, 4) is 11.8 Å². The number of benzene rings is 1. The second-order valence-corrected chi connectivity index (χ2v) is 5.56. The lowest BCUT2D eigenvalue weighted by Crippen LogP contribution is -2.37. The Balaban J connectivity index is 2.21. The predicted molar refractivity (Wildman–Crippen MR) is 93.4 cm³/mol. The third-order valence-corrected chi connectivity index (χ3v) is 3.76. The fourth-order valence-corrected chi connectivity index (χ4v) is 2.54. The average molecular weight is 359 g/mol. The molecule has 2 N–H and O–H groups in total. The summed E-state index contributed by atoms with van der Waals surface area (Å²) in [5.74, 6) is -1.22. The number of carbonyl (C=O) groups is 2. The quantitative estimate of drug-likeness (QED) is 0.701. The first-order valence-electron chi connectivity index (χ1n) is 8.04. The largest absolute Gasteiger partial charge is 0.481 e. The van der Waals surface area contributed by atoms with Crippen molar-refractivity contribution in [3.63, 3.8) is 0 Å². The number of nitrogens with one attached hydrogen (secondary N) is 1. The highest BCUT2D eigenvalue weighted by atomic mass is 16.5. The van der Waals surface area contributed by atoms with E-state index in [-0.39, 0.29) is 36.2 Å². The summed E-state index contributed by atoms with van der Waals surface area (Å²) in [6, 6.07) is 9.14. The number of aromatic nitrogens is 2. The standard InChI is InChI=1S/C18H21N3O5/c1-25-17-15(18(26-2)20-11-19-17)16(24)21-13(8-9-14(22)23)10-12-6-4-3-5-7-12/h3-7,11,13H,8-10H2,1-2H3,(H,21,24)(H,22,23). The first kappa shape index (κ1) is 19.2. The average Bonchev–Trinajstić information content (AvgIpc) is 2.66. The normalized spacial score (nSPS) is 11.5. The maximum absolute atomic E-state index is 12.8. The molecule has 0 bridgehead atoms. The van der Waals surface area contributed by atoms with Gasteiger partial charge in [-0.2, -0.15) is 0 Å². The molecule has 138 valence electrons. The minimum Gasteiger partial charge on any atom is -0.481 e. The van der Waals surface area contributed by atoms with E-state index >= 15 is 0 Å². The van der Waals surface area contributed by atoms with Crippen LogP contribution in [0, 0.1) is 0 Å². The first-order valence-corrected chi connectivity index (χ1v) is 8.04. The number of carboxylic acid groups (broad SMARTS) is 1. The van der Waals surface area contributed by atoms with E-state index in [9.17, 15) is 9.59 Å². The molecule has 0 aliphatic heterocycles. The molecule has 0 saturated heterocycles. The molecule has 0 spiro atoms. The molecule has 8 heteroatoms. The van der Waals surface area contributed by atoms with Crippen LogP contribution in [0.2, 0.25) is 0 Å². The molecule has 1 unspecified atom stereocenters. The van der Waals surface area contributed by atoms with E-state index in [4.69, 9.17) is 14.6 Å². The summed E-state index contributed by atoms with van der Waals surface area (Å²) in [4.78, 5) is 31.5. The van der Waals surface area contributed by atoms with Gasteiger partial charge in [0.1, 0.15) is 6.33 Å². The van der Waals surface area contributed by atoms with E-state index in [1.807, 2.05) is 30.3 Å². The summed E-state index contributed by atoms with van der Waals surface area (Å²) in [6.45, 7) is 0. The molecule has 0 fully saturated rings. The van der Waals surface area contributed by atoms with Crippen LogP contribution >= 0.6 is 0 Å². The van der Waals surface area contributed by atoms with Crippen LogP contribution in [0.4, 0.5) is 0 Å². The maximum atomic E-state index is 12.8. The third-order valence-electron chi connectivity index (χ3n) is 3.76. The van der Waals surface area contributed by atoms with Crippen molar-refractivity contribution < 1.29 is 24.2 Å². The molecule has 2 rings (SSSR count). The first-order chi connectivity index (χ1) is 12.5. The van der Waals surface area contributed by atoms with Gasteiger partial charge in [-0.3, -0.25) is 9.59 Å². The Bertz CT molecular complexity index is 729. The maximum Gasteiger partial charge on any atom is 0.303 e. The molecule has 0 saturated carbocycles. The van der Waals surface area contributed by atoms with Crippen LogP contribution in [0.5, 0.6) is 11.8 Å². The molecular weight excluding hydrogens is 338 g/mol. The molecule has 1 heterocycles. The van der Waals surface area contributed by atoms with Crippen LogP contribution in [0.3, 0.4) is 0 Å². The van der Waals surface area contributed by atoms with E-state index in [2.05, 4.69) is 15.3 Å². The summed E-state index contributed by atoms with van der Waals surface area (Å²) in [5.41, 5.74) is 1.07. The monoisotopic (exact) mass is 359 g/mol. The van der Waals surface area contributed by atoms with E-state index in [1.165, 1.54) is 20.5 Å². The zero-order chi connectivity index (χ0) is 18.9. The van der Waals surface area contributed by atoms with Crippen molar-refractivity contribution in [3.05, 3.63) is 47.8 Å². The molecule has 0 radical (unpaired) electrons. The predicted octanol–water partition coefficient (Wildman–Crippen LogP) is 1.70. The SMILES string of the molecule is COc1ncnc(OC)c1C(=O)NC(CCC(=O)O)Cc1ccccc1. The molecule has 8 nitrogen and oxygen atoms in total. The van der Waals surface area contributed by atoms with Crippen LogP contribution in [0.25, 0.3) is 0 Å². The summed E-state index contributed by atoms with van der Waals surface area (Å²) < 4.78 is 10.2. The number of rotatable bonds is 9. The topological polar surface area (TPSA) is 111 Å². The molecular formula is C18H21N3O5. The Kier molecular flexibility index (Phi) is 6.90. The minimum atomic E-state index is -0.921. The number of carboxylic acids is 1. The number of hydrogen-bond acceptors (Lipinski definition) is 6. The Labute approximate surface area is 151 Å². The van der Waals surface area contributed by atoms with Crippen LogP contribution in [-0.4, -0.2) is 47.2 Å². The van der Waals surface area contributed by atoms with Gasteiger partial charge in [-0.15, -0.1) is 0 Å². The summed E-state index contributed by atoms with van der Waals surface area (Å²) in [7, 11) is 2.79. The Morgan fingerprint density at radius 2 is 1.73 bits per heavy atom. The highest BCUT2D eigenvalue weighted by Crippen LogP contribution is 2.23. The lowest BCUT2D eigenvalue weighted by molar-refractivity contribution is -0.137. The Morgan fingerprint density at radius 1 is 1.12 bits per heavy atom. The number of ether oxygens (including phenoxy) is 2. The zero-order valence-electron chi connectivity index (χ0n) is 14.6. The van der Waals surface area contributed by atoms with Gasteiger partial charge in [0, 0.05) is 12.5 Å². The molecule has 1 atom stereocenters. The molecule has 1 aromatic carbocycles. The lowest BCUT2D eigenvalue weighted by Gasteiger charge is -2.19. The fraction of sp³-hybridized carbons (Fsp3) is 0.333. The molecule has 26 heavy (non-hydrogen) atoms. The highest BCUT2D eigenvalue weighted by molar-refractivity contribution is 5.98. The number of nitrogens with zero attached hydrogens (tertiary/aromatic N) is 2. The Morgan fingerprint density at radius 3 is 2.27 bits per heavy atom. The van der Waals surface area contributed by atoms with Gasteiger partial charge >= 0.3 is 5.97 Å². The molecule has 0 aliphatic carbocycles. The lowest BCUT2D eigenvalue weighted by atomic mass is 10.0. The highest BCUT2D eigenvalue weighted by Gasteiger charge is 2.24. The summed E-state index contributed by atoms with van der Waals surface area (Å²) in [6.07, 6.45) is 1.96. The second kappa shape index (κ2) is 9.36. The van der Waals surface area contributed by atoms with Gasteiger partial charge < -0.3 is 19.9 Å². The van der Waals surface area contributed by atoms with Crippen molar-refractivity contribution in [2.75, 3.05) is 14.2 Å². The van der Waals surface area contributed by atoms with E-state index in [0.29, 0.717) is 6.42 Å². The van der Waals surface area contributed by atoms with Crippen molar-refractivity contribution in [2.45, 2.75) is 25.3 Å². The number of aliphatic carboxylic acids is 1. The minimum absolute atomic E-state index is 0.0582. The van der Waals surface area contributed by atoms with Gasteiger partial charge in [-0.05, 0) is 18.4 Å². The fourth-order valence-electron chi connectivity index (χ4n) is 2.54. The van der Waals surface area contributed by atoms with Crippen molar-refractivity contribution in [1.82, 2.24) is 15.3 Å². The van der Waals surface area contributed by atoms with Crippen molar-refractivity contribution >= 4 is 11.9 Å². The number of carbonyl (C=O) groups excluding carboxylic acids is 1. The van der Waals surface area contributed by atoms with E-state index < -0.39 is 11.9 Å². The van der Waals surface area contributed by atoms with Crippen LogP contribution < -0.4 is 14.8 Å². The molecule has 0 aliphatic rings. The van der Waals surface area contributed by atoms with E-state index in [0.717, 1.165) is 5.56 Å². The number of amides is 1. The smallest absolute Gasteiger partial charge is 0.303 e. The van der Waals surface area contributed by atoms with Gasteiger partial charge in [0.2, 0.25) is 11.8 Å². The van der Waals surface area contributed by atoms with Crippen LogP contribution in [-0.2, 0) is 11.2 Å². The van der Waals surface area contributed by atoms with Gasteiger partial charge in [0.15, 0.2) is 5.56 Å². The molecule has 1 amide bonds. The van der Waals surface area contributed by atoms with Gasteiger partial charge in [-0.25, -0.2) is 9.97 Å². The Hall–Kier alpha value is -3.16. The van der Waals surface area contributed by atoms with Gasteiger partial charge in [0.05, 0.1) is 14.2 Å². The molecule has 1 aromatic heterocycles. The molecule has 2 aromatic rings. The number of methoxy groups -OCH3 is 2. The van der Waals surface area contributed by atoms with Crippen LogP contribution in [0.15, 0.2) is 36.7 Å². The number of hydrogen-bond donors (Lipinski definition) is 2. The third kappa shape index (κ3) is 5.17. The van der Waals surface area contributed by atoms with Crippen LogP contribution in [0.1, 0.15) is 28.8 Å². The summed E-state index contributed by atoms with van der Waals surface area (Å²) >= 11 is 0. The second-order valence-electron chi connectivity index (χ2n) is 5.56. The van der Waals surface area contributed by atoms with Crippen molar-refractivity contribution in [2.24, 2.45) is 0 Å². The van der Waals surface area contributed by atoms with Gasteiger partial charge in [0.25, 0.3) is 5.91 Å². The zero-order valence-corrected chi connectivity index (χ0v) is 14.6. The summed E-state index contributed by atoms with van der Waals surface area (Å²) in [5, 5.41) is 11.8. The van der Waals surface area contributed by atoms with Gasteiger partial charge in [-0.1, -0.05) is 30.3 Å².